The van der Waals surface area contributed by atoms with Crippen molar-refractivity contribution in [2.24, 2.45) is 0 Å². The highest BCUT2D eigenvalue weighted by Crippen LogP contribution is 2.11. The molecule has 2 N–H and O–H groups in total. The normalized spacial score (nSPS) is 15.4. The second-order valence-electron chi connectivity index (χ2n) is 3.93. The van der Waals surface area contributed by atoms with E-state index >= 15 is 0 Å². The van der Waals surface area contributed by atoms with Crippen molar-refractivity contribution in [3.8, 4) is 0 Å². The van der Waals surface area contributed by atoms with Crippen LogP contribution in [-0.2, 0) is 4.74 Å². The Morgan fingerprint density at radius 1 is 1.07 bits per heavy atom. The fourth-order valence-corrected chi connectivity index (χ4v) is 1.17. The maximum Gasteiger partial charge on any atom is 0.0771 e. The molecule has 0 aromatic carbocycles. The van der Waals surface area contributed by atoms with Gasteiger partial charge in [-0.2, -0.15) is 0 Å². The first-order chi connectivity index (χ1) is 6.68. The average molecular weight is 202 g/mol. The van der Waals surface area contributed by atoms with Crippen LogP contribution in [0.5, 0.6) is 0 Å². The first-order valence-electron chi connectivity index (χ1n) is 5.65. The summed E-state index contributed by atoms with van der Waals surface area (Å²) in [5.41, 5.74) is -0.00917. The van der Waals surface area contributed by atoms with E-state index in [1.165, 1.54) is 6.42 Å². The predicted molar refractivity (Wildman–Crippen MR) is 61.7 cm³/mol. The summed E-state index contributed by atoms with van der Waals surface area (Å²) in [5.74, 6) is 0. The molecule has 1 unspecified atom stereocenters. The molecule has 0 aliphatic rings. The monoisotopic (exact) mass is 202 g/mol. The number of hydrogen-bond acceptors (Lipinski definition) is 3. The first kappa shape index (κ1) is 13.9. The molecule has 0 aliphatic heterocycles. The van der Waals surface area contributed by atoms with Gasteiger partial charge in [0.05, 0.1) is 5.60 Å². The van der Waals surface area contributed by atoms with Crippen LogP contribution in [0.2, 0.25) is 0 Å². The van der Waals surface area contributed by atoms with Gasteiger partial charge in [-0.1, -0.05) is 13.8 Å². The summed E-state index contributed by atoms with van der Waals surface area (Å²) in [5, 5.41) is 6.75. The van der Waals surface area contributed by atoms with Crippen LogP contribution in [0.4, 0.5) is 0 Å². The smallest absolute Gasteiger partial charge is 0.0771 e. The average Bonchev–Trinajstić information content (AvgIpc) is 2.23. The molecule has 0 radical (unpaired) electrons. The molecule has 0 heterocycles. The van der Waals surface area contributed by atoms with Gasteiger partial charge in [-0.25, -0.2) is 0 Å². The van der Waals surface area contributed by atoms with Gasteiger partial charge in [0.1, 0.15) is 0 Å². The summed E-state index contributed by atoms with van der Waals surface area (Å²) in [6.07, 6.45) is 2.24. The molecule has 86 valence electrons. The molecule has 1 atom stereocenters. The van der Waals surface area contributed by atoms with Crippen LogP contribution in [0, 0.1) is 0 Å². The van der Waals surface area contributed by atoms with Crippen molar-refractivity contribution in [3.05, 3.63) is 0 Å². The molecule has 0 fully saturated rings. The highest BCUT2D eigenvalue weighted by molar-refractivity contribution is 4.75. The van der Waals surface area contributed by atoms with Crippen molar-refractivity contribution in [2.45, 2.75) is 39.2 Å². The Kier molecular flexibility index (Phi) is 8.14. The molecule has 14 heavy (non-hydrogen) atoms. The van der Waals surface area contributed by atoms with E-state index in [1.807, 2.05) is 0 Å². The maximum absolute atomic E-state index is 5.43. The summed E-state index contributed by atoms with van der Waals surface area (Å²) < 4.78 is 5.43. The van der Waals surface area contributed by atoms with E-state index in [-0.39, 0.29) is 5.60 Å². The van der Waals surface area contributed by atoms with Crippen LogP contribution < -0.4 is 10.6 Å². The van der Waals surface area contributed by atoms with Gasteiger partial charge in [-0.3, -0.25) is 0 Å². The summed E-state index contributed by atoms with van der Waals surface area (Å²) >= 11 is 0. The van der Waals surface area contributed by atoms with Gasteiger partial charge in [0.15, 0.2) is 0 Å². The molecule has 0 bridgehead atoms. The fourth-order valence-electron chi connectivity index (χ4n) is 1.17. The second kappa shape index (κ2) is 8.21. The van der Waals surface area contributed by atoms with E-state index < -0.39 is 0 Å². The molecule has 0 rings (SSSR count). The molecule has 0 saturated heterocycles. The van der Waals surface area contributed by atoms with E-state index in [4.69, 9.17) is 4.74 Å². The van der Waals surface area contributed by atoms with Crippen molar-refractivity contribution in [3.63, 3.8) is 0 Å². The van der Waals surface area contributed by atoms with Crippen molar-refractivity contribution < 1.29 is 4.74 Å². The predicted octanol–water partition coefficient (Wildman–Crippen LogP) is 1.39. The lowest BCUT2D eigenvalue weighted by atomic mass is 10.0. The molecule has 0 saturated carbocycles. The Morgan fingerprint density at radius 2 is 1.71 bits per heavy atom. The number of methoxy groups -OCH3 is 1. The summed E-state index contributed by atoms with van der Waals surface area (Å²) in [6, 6.07) is 0. The largest absolute Gasteiger partial charge is 0.377 e. The lowest BCUT2D eigenvalue weighted by Crippen LogP contribution is -2.41. The van der Waals surface area contributed by atoms with Gasteiger partial charge in [-0.15, -0.1) is 0 Å². The van der Waals surface area contributed by atoms with E-state index in [0.29, 0.717) is 0 Å². The third kappa shape index (κ3) is 6.35. The molecule has 0 aromatic heterocycles. The Morgan fingerprint density at radius 3 is 2.21 bits per heavy atom. The Bertz CT molecular complexity index is 124. The van der Waals surface area contributed by atoms with E-state index in [9.17, 15) is 0 Å². The molecular weight excluding hydrogens is 176 g/mol. The van der Waals surface area contributed by atoms with Gasteiger partial charge in [-0.05, 0) is 26.3 Å². The zero-order valence-corrected chi connectivity index (χ0v) is 10.2. The van der Waals surface area contributed by atoms with Crippen molar-refractivity contribution in [2.75, 3.05) is 33.3 Å². The fraction of sp³-hybridized carbons (Fsp3) is 1.00. The molecule has 0 amide bonds. The highest BCUT2D eigenvalue weighted by Gasteiger charge is 2.19. The van der Waals surface area contributed by atoms with Crippen LogP contribution in [0.25, 0.3) is 0 Å². The molecule has 0 aromatic rings. The Balaban J connectivity index is 3.34. The third-order valence-electron chi connectivity index (χ3n) is 2.64. The minimum absolute atomic E-state index is 0.00917. The van der Waals surface area contributed by atoms with Crippen molar-refractivity contribution in [1.29, 1.82) is 0 Å². The summed E-state index contributed by atoms with van der Waals surface area (Å²) in [6.45, 7) is 10.6. The van der Waals surface area contributed by atoms with Crippen molar-refractivity contribution in [1.82, 2.24) is 10.6 Å². The van der Waals surface area contributed by atoms with Crippen LogP contribution >= 0.6 is 0 Å². The van der Waals surface area contributed by atoms with Gasteiger partial charge in [0, 0.05) is 26.7 Å². The SMILES string of the molecule is CCCNCCNCC(C)(CC)OC. The number of rotatable bonds is 9. The highest BCUT2D eigenvalue weighted by atomic mass is 16.5. The van der Waals surface area contributed by atoms with Crippen LogP contribution in [0.15, 0.2) is 0 Å². The minimum atomic E-state index is -0.00917. The molecular formula is C11H26N2O. The zero-order valence-electron chi connectivity index (χ0n) is 10.2. The lowest BCUT2D eigenvalue weighted by molar-refractivity contribution is 0.00396. The summed E-state index contributed by atoms with van der Waals surface area (Å²) in [4.78, 5) is 0. The molecule has 3 heteroatoms. The zero-order chi connectivity index (χ0) is 10.9. The van der Waals surface area contributed by atoms with E-state index in [1.54, 1.807) is 7.11 Å². The minimum Gasteiger partial charge on any atom is -0.377 e. The quantitative estimate of drug-likeness (QED) is 0.554. The lowest BCUT2D eigenvalue weighted by Gasteiger charge is -2.26. The van der Waals surface area contributed by atoms with E-state index in [0.717, 1.165) is 32.6 Å². The maximum atomic E-state index is 5.43. The molecule has 0 aliphatic carbocycles. The Hall–Kier alpha value is -0.120. The number of ether oxygens (including phenoxy) is 1. The van der Waals surface area contributed by atoms with Gasteiger partial charge in [0.2, 0.25) is 0 Å². The topological polar surface area (TPSA) is 33.3 Å². The standard InChI is InChI=1S/C11H26N2O/c1-5-7-12-8-9-13-10-11(3,6-2)14-4/h12-13H,5-10H2,1-4H3. The third-order valence-corrected chi connectivity index (χ3v) is 2.64. The molecule has 0 spiro atoms. The number of hydrogen-bond donors (Lipinski definition) is 2. The first-order valence-corrected chi connectivity index (χ1v) is 5.65. The van der Waals surface area contributed by atoms with Crippen molar-refractivity contribution >= 4 is 0 Å². The van der Waals surface area contributed by atoms with Gasteiger partial charge < -0.3 is 15.4 Å². The van der Waals surface area contributed by atoms with Crippen LogP contribution in [-0.4, -0.2) is 38.9 Å². The van der Waals surface area contributed by atoms with Gasteiger partial charge in [0.25, 0.3) is 0 Å². The molecule has 3 nitrogen and oxygen atoms in total. The number of nitrogens with one attached hydrogen (secondary N) is 2. The Labute approximate surface area is 88.6 Å². The summed E-state index contributed by atoms with van der Waals surface area (Å²) in [7, 11) is 1.78. The van der Waals surface area contributed by atoms with Crippen LogP contribution in [0.3, 0.4) is 0 Å². The van der Waals surface area contributed by atoms with Crippen LogP contribution in [0.1, 0.15) is 33.6 Å². The van der Waals surface area contributed by atoms with Gasteiger partial charge >= 0.3 is 0 Å². The van der Waals surface area contributed by atoms with E-state index in [2.05, 4.69) is 31.4 Å². The second-order valence-corrected chi connectivity index (χ2v) is 3.93.